The number of anilines is 1. The standard InChI is InChI=1S/C16H17FN6O4/c1-10(24)18-7-13-9-22(16(25)27-13)12-3-4-15(14(17)5-12)23-8-11(20-21-23)6-19-26-2/h3-6,8,13H,7,9H2,1-2H3,(H,18,24). The quantitative estimate of drug-likeness (QED) is 0.591. The number of nitrogens with zero attached hydrogens (tertiary/aromatic N) is 5. The lowest BCUT2D eigenvalue weighted by atomic mass is 10.2. The SMILES string of the molecule is CON=Cc1cn(-c2ccc(N3CC(CNC(C)=O)OC3=O)cc2F)nn1. The van der Waals surface area contributed by atoms with Crippen LogP contribution in [0, 0.1) is 5.82 Å². The van der Waals surface area contributed by atoms with Gasteiger partial charge < -0.3 is 14.9 Å². The molecule has 1 aromatic carbocycles. The topological polar surface area (TPSA) is 111 Å². The number of oxime groups is 1. The lowest BCUT2D eigenvalue weighted by molar-refractivity contribution is -0.119. The van der Waals surface area contributed by atoms with Crippen molar-refractivity contribution in [3.63, 3.8) is 0 Å². The van der Waals surface area contributed by atoms with E-state index < -0.39 is 18.0 Å². The molecular weight excluding hydrogens is 359 g/mol. The van der Waals surface area contributed by atoms with Gasteiger partial charge in [-0.1, -0.05) is 10.4 Å². The number of ether oxygens (including phenoxy) is 1. The number of amides is 2. The molecule has 0 saturated carbocycles. The van der Waals surface area contributed by atoms with E-state index in [9.17, 15) is 14.0 Å². The van der Waals surface area contributed by atoms with Crippen molar-refractivity contribution in [2.75, 3.05) is 25.1 Å². The summed E-state index contributed by atoms with van der Waals surface area (Å²) in [6.07, 6.45) is 1.72. The van der Waals surface area contributed by atoms with E-state index in [0.717, 1.165) is 0 Å². The smallest absolute Gasteiger partial charge is 0.414 e. The zero-order chi connectivity index (χ0) is 19.4. The summed E-state index contributed by atoms with van der Waals surface area (Å²) in [5.74, 6) is -0.812. The Morgan fingerprint density at radius 2 is 2.37 bits per heavy atom. The Morgan fingerprint density at radius 1 is 1.56 bits per heavy atom. The van der Waals surface area contributed by atoms with E-state index >= 15 is 0 Å². The van der Waals surface area contributed by atoms with Gasteiger partial charge >= 0.3 is 6.09 Å². The van der Waals surface area contributed by atoms with Crippen molar-refractivity contribution in [1.29, 1.82) is 0 Å². The minimum Gasteiger partial charge on any atom is -0.442 e. The fraction of sp³-hybridized carbons (Fsp3) is 0.312. The van der Waals surface area contributed by atoms with Crippen LogP contribution in [0.3, 0.4) is 0 Å². The van der Waals surface area contributed by atoms with Crippen molar-refractivity contribution in [2.24, 2.45) is 5.16 Å². The third-order valence-electron chi connectivity index (χ3n) is 3.74. The molecule has 3 rings (SSSR count). The lowest BCUT2D eigenvalue weighted by Crippen LogP contribution is -2.33. The van der Waals surface area contributed by atoms with Crippen LogP contribution in [-0.2, 0) is 14.4 Å². The van der Waals surface area contributed by atoms with Crippen molar-refractivity contribution >= 4 is 23.9 Å². The van der Waals surface area contributed by atoms with Gasteiger partial charge in [0.05, 0.1) is 31.2 Å². The van der Waals surface area contributed by atoms with Crippen LogP contribution in [0.15, 0.2) is 29.6 Å². The average Bonchev–Trinajstić information content (AvgIpc) is 3.24. The Hall–Kier alpha value is -3.50. The van der Waals surface area contributed by atoms with Gasteiger partial charge in [-0.3, -0.25) is 9.69 Å². The van der Waals surface area contributed by atoms with Gasteiger partial charge in [-0.15, -0.1) is 5.10 Å². The second-order valence-corrected chi connectivity index (χ2v) is 5.69. The van der Waals surface area contributed by atoms with Crippen molar-refractivity contribution in [3.8, 4) is 5.69 Å². The van der Waals surface area contributed by atoms with Gasteiger partial charge in [0.1, 0.15) is 24.6 Å². The Balaban J connectivity index is 1.75. The van der Waals surface area contributed by atoms with Gasteiger partial charge in [0.25, 0.3) is 0 Å². The molecule has 1 aliphatic heterocycles. The molecule has 1 aliphatic rings. The van der Waals surface area contributed by atoms with Crippen LogP contribution >= 0.6 is 0 Å². The molecule has 10 nitrogen and oxygen atoms in total. The number of aromatic nitrogens is 3. The van der Waals surface area contributed by atoms with Gasteiger partial charge in [0, 0.05) is 6.92 Å². The highest BCUT2D eigenvalue weighted by molar-refractivity contribution is 5.90. The minimum absolute atomic E-state index is 0.158. The highest BCUT2D eigenvalue weighted by Crippen LogP contribution is 2.25. The second kappa shape index (κ2) is 7.81. The molecule has 1 atom stereocenters. The zero-order valence-corrected chi connectivity index (χ0v) is 14.6. The molecule has 0 bridgehead atoms. The first-order chi connectivity index (χ1) is 13.0. The number of hydrogen-bond donors (Lipinski definition) is 1. The van der Waals surface area contributed by atoms with E-state index in [2.05, 4.69) is 25.6 Å². The van der Waals surface area contributed by atoms with Crippen LogP contribution < -0.4 is 10.2 Å². The molecule has 11 heteroatoms. The van der Waals surface area contributed by atoms with E-state index in [0.29, 0.717) is 11.4 Å². The first kappa shape index (κ1) is 18.3. The fourth-order valence-electron chi connectivity index (χ4n) is 2.51. The number of cyclic esters (lactones) is 1. The number of halogens is 1. The Bertz CT molecular complexity index is 884. The Labute approximate surface area is 153 Å². The van der Waals surface area contributed by atoms with Crippen molar-refractivity contribution in [3.05, 3.63) is 35.9 Å². The van der Waals surface area contributed by atoms with Crippen LogP contribution in [0.4, 0.5) is 14.9 Å². The van der Waals surface area contributed by atoms with Crippen LogP contribution in [0.25, 0.3) is 5.69 Å². The molecule has 1 aromatic heterocycles. The maximum Gasteiger partial charge on any atom is 0.414 e. The maximum absolute atomic E-state index is 14.5. The average molecular weight is 376 g/mol. The van der Waals surface area contributed by atoms with E-state index in [4.69, 9.17) is 4.74 Å². The molecule has 0 aliphatic carbocycles. The van der Waals surface area contributed by atoms with Crippen LogP contribution in [0.2, 0.25) is 0 Å². The predicted octanol–water partition coefficient (Wildman–Crippen LogP) is 0.848. The summed E-state index contributed by atoms with van der Waals surface area (Å²) in [5, 5.41) is 13.8. The molecule has 1 saturated heterocycles. The second-order valence-electron chi connectivity index (χ2n) is 5.69. The summed E-state index contributed by atoms with van der Waals surface area (Å²) in [4.78, 5) is 28.8. The van der Waals surface area contributed by atoms with Crippen molar-refractivity contribution in [1.82, 2.24) is 20.3 Å². The van der Waals surface area contributed by atoms with E-state index in [1.54, 1.807) is 6.07 Å². The minimum atomic E-state index is -0.601. The zero-order valence-electron chi connectivity index (χ0n) is 14.6. The maximum atomic E-state index is 14.5. The van der Waals surface area contributed by atoms with Gasteiger partial charge in [0.15, 0.2) is 5.82 Å². The number of carbonyl (C=O) groups is 2. The Kier molecular flexibility index (Phi) is 5.29. The molecule has 1 unspecified atom stereocenters. The molecule has 0 radical (unpaired) electrons. The highest BCUT2D eigenvalue weighted by atomic mass is 19.1. The lowest BCUT2D eigenvalue weighted by Gasteiger charge is -2.14. The normalized spacial score (nSPS) is 16.6. The van der Waals surface area contributed by atoms with E-state index in [-0.39, 0.29) is 24.7 Å². The molecule has 2 aromatic rings. The third kappa shape index (κ3) is 4.19. The fourth-order valence-corrected chi connectivity index (χ4v) is 2.51. The number of hydrogen-bond acceptors (Lipinski definition) is 7. The van der Waals surface area contributed by atoms with Crippen molar-refractivity contribution in [2.45, 2.75) is 13.0 Å². The summed E-state index contributed by atoms with van der Waals surface area (Å²) < 4.78 is 21.0. The number of benzene rings is 1. The van der Waals surface area contributed by atoms with Crippen LogP contribution in [0.1, 0.15) is 12.6 Å². The molecule has 142 valence electrons. The molecule has 27 heavy (non-hydrogen) atoms. The summed E-state index contributed by atoms with van der Waals surface area (Å²) in [6.45, 7) is 1.78. The number of carbonyl (C=O) groups excluding carboxylic acids is 2. The van der Waals surface area contributed by atoms with Gasteiger partial charge in [-0.05, 0) is 18.2 Å². The van der Waals surface area contributed by atoms with Gasteiger partial charge in [0.2, 0.25) is 5.91 Å². The first-order valence-electron chi connectivity index (χ1n) is 7.99. The first-order valence-corrected chi connectivity index (χ1v) is 7.99. The molecule has 1 N–H and O–H groups in total. The summed E-state index contributed by atoms with van der Waals surface area (Å²) in [5.41, 5.74) is 0.891. The highest BCUT2D eigenvalue weighted by Gasteiger charge is 2.32. The predicted molar refractivity (Wildman–Crippen MR) is 92.2 cm³/mol. The molecule has 2 amide bonds. The molecule has 1 fully saturated rings. The summed E-state index contributed by atoms with van der Waals surface area (Å²) in [6, 6.07) is 4.26. The van der Waals surface area contributed by atoms with E-state index in [1.807, 2.05) is 0 Å². The molecule has 0 spiro atoms. The van der Waals surface area contributed by atoms with E-state index in [1.165, 1.54) is 48.2 Å². The van der Waals surface area contributed by atoms with Crippen molar-refractivity contribution < 1.29 is 23.6 Å². The monoisotopic (exact) mass is 376 g/mol. The Morgan fingerprint density at radius 3 is 3.07 bits per heavy atom. The van der Waals surface area contributed by atoms with Gasteiger partial charge in [-0.2, -0.15) is 0 Å². The third-order valence-corrected chi connectivity index (χ3v) is 3.74. The molecular formula is C16H17FN6O4. The summed E-state index contributed by atoms with van der Waals surface area (Å²) in [7, 11) is 1.39. The largest absolute Gasteiger partial charge is 0.442 e. The number of nitrogens with one attached hydrogen (secondary N) is 1. The molecule has 2 heterocycles. The summed E-state index contributed by atoms with van der Waals surface area (Å²) >= 11 is 0. The van der Waals surface area contributed by atoms with Crippen LogP contribution in [0.5, 0.6) is 0 Å². The van der Waals surface area contributed by atoms with Gasteiger partial charge in [-0.25, -0.2) is 13.9 Å². The van der Waals surface area contributed by atoms with Crippen LogP contribution in [-0.4, -0.2) is 59.5 Å². The number of rotatable bonds is 6.